The van der Waals surface area contributed by atoms with Gasteiger partial charge >= 0.3 is 0 Å². The molecule has 1 aromatic carbocycles. The summed E-state index contributed by atoms with van der Waals surface area (Å²) in [4.78, 5) is 1.08. The predicted octanol–water partition coefficient (Wildman–Crippen LogP) is 3.81. The van der Waals surface area contributed by atoms with E-state index in [-0.39, 0.29) is 21.2 Å². The summed E-state index contributed by atoms with van der Waals surface area (Å²) in [5.74, 6) is 0. The van der Waals surface area contributed by atoms with Gasteiger partial charge in [-0.3, -0.25) is 4.72 Å². The van der Waals surface area contributed by atoms with E-state index >= 15 is 0 Å². The summed E-state index contributed by atoms with van der Waals surface area (Å²) in [5, 5.41) is 0. The van der Waals surface area contributed by atoms with E-state index in [4.69, 9.17) is 0 Å². The molecule has 1 aliphatic rings. The zero-order chi connectivity index (χ0) is 19.8. The van der Waals surface area contributed by atoms with Gasteiger partial charge in [0.1, 0.15) is 4.21 Å². The number of nitrogens with one attached hydrogen (secondary N) is 1. The average molecular weight is 429 g/mol. The van der Waals surface area contributed by atoms with Gasteiger partial charge in [0.05, 0.1) is 4.90 Å². The van der Waals surface area contributed by atoms with Crippen LogP contribution < -0.4 is 4.72 Å². The van der Waals surface area contributed by atoms with E-state index < -0.39 is 20.0 Å². The molecule has 1 aromatic heterocycles. The summed E-state index contributed by atoms with van der Waals surface area (Å²) in [6, 6.07) is 9.12. The Kier molecular flexibility index (Phi) is 5.67. The third kappa shape index (κ3) is 4.21. The van der Waals surface area contributed by atoms with E-state index in [2.05, 4.69) is 4.72 Å². The summed E-state index contributed by atoms with van der Waals surface area (Å²) in [6.07, 6.45) is 2.72. The van der Waals surface area contributed by atoms with Crippen LogP contribution in [0.3, 0.4) is 0 Å². The molecule has 148 valence electrons. The Morgan fingerprint density at radius 2 is 1.56 bits per heavy atom. The van der Waals surface area contributed by atoms with Gasteiger partial charge in [0.15, 0.2) is 0 Å². The second kappa shape index (κ2) is 7.54. The minimum atomic E-state index is -3.67. The molecule has 0 radical (unpaired) electrons. The topological polar surface area (TPSA) is 83.5 Å². The molecule has 6 nitrogen and oxygen atoms in total. The lowest BCUT2D eigenvalue weighted by Gasteiger charge is -2.37. The first-order valence-corrected chi connectivity index (χ1v) is 12.6. The van der Waals surface area contributed by atoms with Gasteiger partial charge in [-0.25, -0.2) is 16.8 Å². The van der Waals surface area contributed by atoms with Crippen LogP contribution in [-0.2, 0) is 20.0 Å². The van der Waals surface area contributed by atoms with Crippen molar-refractivity contribution in [3.63, 3.8) is 0 Å². The first-order chi connectivity index (χ1) is 12.6. The molecule has 2 heterocycles. The number of hydrogen-bond acceptors (Lipinski definition) is 5. The Hall–Kier alpha value is -1.42. The lowest BCUT2D eigenvalue weighted by atomic mass is 10.0. The highest BCUT2D eigenvalue weighted by Crippen LogP contribution is 2.30. The molecule has 2 aromatic rings. The maximum absolute atomic E-state index is 13.0. The summed E-state index contributed by atoms with van der Waals surface area (Å²) < 4.78 is 55.1. The molecule has 0 bridgehead atoms. The van der Waals surface area contributed by atoms with Gasteiger partial charge in [-0.15, -0.1) is 11.3 Å². The first kappa shape index (κ1) is 20.3. The zero-order valence-electron chi connectivity index (χ0n) is 15.5. The number of sulfonamides is 2. The molecule has 1 N–H and O–H groups in total. The highest BCUT2D eigenvalue weighted by molar-refractivity contribution is 7.94. The molecule has 0 aliphatic carbocycles. The van der Waals surface area contributed by atoms with Gasteiger partial charge in [0.25, 0.3) is 10.0 Å². The molecule has 1 fully saturated rings. The Bertz CT molecular complexity index is 1000. The first-order valence-electron chi connectivity index (χ1n) is 8.84. The summed E-state index contributed by atoms with van der Waals surface area (Å²) in [6.45, 7) is 5.70. The van der Waals surface area contributed by atoms with Crippen molar-refractivity contribution in [2.75, 3.05) is 4.72 Å². The van der Waals surface area contributed by atoms with Crippen molar-refractivity contribution < 1.29 is 16.8 Å². The van der Waals surface area contributed by atoms with Crippen molar-refractivity contribution in [2.45, 2.75) is 61.2 Å². The SMILES string of the molecule is Cc1ccc(S(=O)(=O)Nc2ccc(S(=O)(=O)N3C(C)CCCC3C)cc2)s1. The largest absolute Gasteiger partial charge is 0.279 e. The van der Waals surface area contributed by atoms with E-state index in [0.717, 1.165) is 24.1 Å². The van der Waals surface area contributed by atoms with Crippen molar-refractivity contribution in [3.05, 3.63) is 41.3 Å². The van der Waals surface area contributed by atoms with Gasteiger partial charge in [0.2, 0.25) is 10.0 Å². The number of benzene rings is 1. The lowest BCUT2D eigenvalue weighted by Crippen LogP contribution is -2.47. The van der Waals surface area contributed by atoms with Crippen molar-refractivity contribution in [1.29, 1.82) is 0 Å². The van der Waals surface area contributed by atoms with Gasteiger partial charge in [-0.1, -0.05) is 6.42 Å². The van der Waals surface area contributed by atoms with Crippen LogP contribution in [0.1, 0.15) is 38.0 Å². The zero-order valence-corrected chi connectivity index (χ0v) is 18.0. The smallest absolute Gasteiger partial charge is 0.271 e. The maximum atomic E-state index is 13.0. The Balaban J connectivity index is 1.83. The van der Waals surface area contributed by atoms with Crippen LogP contribution in [0.15, 0.2) is 45.5 Å². The Morgan fingerprint density at radius 3 is 2.07 bits per heavy atom. The molecule has 27 heavy (non-hydrogen) atoms. The molecule has 9 heteroatoms. The maximum Gasteiger partial charge on any atom is 0.271 e. The van der Waals surface area contributed by atoms with Crippen LogP contribution in [0, 0.1) is 6.92 Å². The molecule has 1 saturated heterocycles. The molecule has 0 saturated carbocycles. The van der Waals surface area contributed by atoms with E-state index in [1.54, 1.807) is 16.4 Å². The molecule has 0 spiro atoms. The summed E-state index contributed by atoms with van der Waals surface area (Å²) in [5.41, 5.74) is 0.333. The predicted molar refractivity (Wildman–Crippen MR) is 108 cm³/mol. The molecule has 0 amide bonds. The van der Waals surface area contributed by atoms with Crippen molar-refractivity contribution in [1.82, 2.24) is 4.31 Å². The van der Waals surface area contributed by atoms with Gasteiger partial charge < -0.3 is 0 Å². The fourth-order valence-corrected chi connectivity index (χ4v) is 7.67. The number of anilines is 1. The standard InChI is InChI=1S/C18H24N2O4S3/c1-13-5-4-6-14(2)20(13)27(23,24)17-10-8-16(9-11-17)19-26(21,22)18-12-7-15(3)25-18/h7-14,19H,4-6H2,1-3H3. The van der Waals surface area contributed by atoms with Crippen LogP contribution in [-0.4, -0.2) is 33.2 Å². The third-order valence-corrected chi connectivity index (χ3v) is 9.79. The van der Waals surface area contributed by atoms with Gasteiger partial charge in [0, 0.05) is 22.6 Å². The van der Waals surface area contributed by atoms with Crippen LogP contribution in [0.25, 0.3) is 0 Å². The fraction of sp³-hybridized carbons (Fsp3) is 0.444. The molecular formula is C18H24N2O4S3. The average Bonchev–Trinajstić information content (AvgIpc) is 3.02. The molecule has 2 unspecified atom stereocenters. The Morgan fingerprint density at radius 1 is 0.963 bits per heavy atom. The number of nitrogens with zero attached hydrogens (tertiary/aromatic N) is 1. The van der Waals surface area contributed by atoms with Gasteiger partial charge in [-0.2, -0.15) is 4.31 Å². The minimum Gasteiger partial charge on any atom is -0.279 e. The summed E-state index contributed by atoms with van der Waals surface area (Å²) in [7, 11) is -7.28. The number of rotatable bonds is 5. The molecule has 2 atom stereocenters. The summed E-state index contributed by atoms with van der Waals surface area (Å²) >= 11 is 1.19. The third-order valence-electron chi connectivity index (χ3n) is 4.78. The van der Waals surface area contributed by atoms with Crippen molar-refractivity contribution in [3.8, 4) is 0 Å². The van der Waals surface area contributed by atoms with E-state index in [9.17, 15) is 16.8 Å². The fourth-order valence-electron chi connectivity index (χ4n) is 3.45. The monoisotopic (exact) mass is 428 g/mol. The Labute approximate surface area is 165 Å². The van der Waals surface area contributed by atoms with Crippen LogP contribution in [0.2, 0.25) is 0 Å². The molecule has 3 rings (SSSR count). The van der Waals surface area contributed by atoms with Crippen LogP contribution in [0.5, 0.6) is 0 Å². The van der Waals surface area contributed by atoms with E-state index in [0.29, 0.717) is 5.69 Å². The second-order valence-corrected chi connectivity index (χ2v) is 12.0. The van der Waals surface area contributed by atoms with Gasteiger partial charge in [-0.05, 0) is 70.0 Å². The van der Waals surface area contributed by atoms with E-state index in [1.807, 2.05) is 20.8 Å². The van der Waals surface area contributed by atoms with Crippen LogP contribution in [0.4, 0.5) is 5.69 Å². The number of hydrogen-bond donors (Lipinski definition) is 1. The van der Waals surface area contributed by atoms with Crippen molar-refractivity contribution in [2.24, 2.45) is 0 Å². The lowest BCUT2D eigenvalue weighted by molar-refractivity contribution is 0.204. The minimum absolute atomic E-state index is 0.0426. The normalized spacial score (nSPS) is 21.9. The number of thiophene rings is 1. The van der Waals surface area contributed by atoms with Crippen molar-refractivity contribution >= 4 is 37.1 Å². The molecular weight excluding hydrogens is 404 g/mol. The quantitative estimate of drug-likeness (QED) is 0.785. The van der Waals surface area contributed by atoms with E-state index in [1.165, 1.54) is 35.6 Å². The highest BCUT2D eigenvalue weighted by atomic mass is 32.2. The number of aryl methyl sites for hydroxylation is 1. The second-order valence-electron chi connectivity index (χ2n) is 6.96. The molecule has 1 aliphatic heterocycles. The van der Waals surface area contributed by atoms with Crippen LogP contribution >= 0.6 is 11.3 Å². The highest BCUT2D eigenvalue weighted by Gasteiger charge is 2.35. The number of piperidine rings is 1.